The van der Waals surface area contributed by atoms with Crippen molar-refractivity contribution < 1.29 is 5.11 Å². The Hall–Kier alpha value is -0.0400. The first-order chi connectivity index (χ1) is 9.17. The Morgan fingerprint density at radius 2 is 1.26 bits per heavy atom. The molecule has 6 saturated carbocycles. The highest BCUT2D eigenvalue weighted by molar-refractivity contribution is 5.17. The van der Waals surface area contributed by atoms with E-state index in [1.54, 1.807) is 0 Å². The second-order valence-corrected chi connectivity index (χ2v) is 9.08. The Morgan fingerprint density at radius 3 is 1.74 bits per heavy atom. The van der Waals surface area contributed by atoms with E-state index in [2.05, 4.69) is 0 Å². The number of rotatable bonds is 2. The van der Waals surface area contributed by atoms with E-state index < -0.39 is 0 Å². The lowest BCUT2D eigenvalue weighted by Gasteiger charge is -2.57. The SMILES string of the molecule is OC1(CC23CC4CC(CC(C4)C2)C3)C2CCCCC21. The van der Waals surface area contributed by atoms with Gasteiger partial charge in [0.2, 0.25) is 0 Å². The van der Waals surface area contributed by atoms with Crippen LogP contribution in [0, 0.1) is 35.0 Å². The fraction of sp³-hybridized carbons (Fsp3) is 1.00. The molecule has 1 N–H and O–H groups in total. The lowest BCUT2D eigenvalue weighted by molar-refractivity contribution is -0.0853. The Kier molecular flexibility index (Phi) is 2.19. The number of aliphatic hydroxyl groups is 1. The van der Waals surface area contributed by atoms with Crippen molar-refractivity contribution in [2.24, 2.45) is 35.0 Å². The van der Waals surface area contributed by atoms with E-state index in [4.69, 9.17) is 0 Å². The monoisotopic (exact) mass is 260 g/mol. The van der Waals surface area contributed by atoms with Crippen LogP contribution in [-0.2, 0) is 0 Å². The molecule has 4 bridgehead atoms. The summed E-state index contributed by atoms with van der Waals surface area (Å²) >= 11 is 0. The van der Waals surface area contributed by atoms with Crippen molar-refractivity contribution in [1.82, 2.24) is 0 Å². The molecule has 6 fully saturated rings. The van der Waals surface area contributed by atoms with Crippen molar-refractivity contribution in [3.8, 4) is 0 Å². The van der Waals surface area contributed by atoms with Gasteiger partial charge in [-0.2, -0.15) is 0 Å². The molecule has 19 heavy (non-hydrogen) atoms. The van der Waals surface area contributed by atoms with Gasteiger partial charge in [0.15, 0.2) is 0 Å². The summed E-state index contributed by atoms with van der Waals surface area (Å²) in [7, 11) is 0. The summed E-state index contributed by atoms with van der Waals surface area (Å²) < 4.78 is 0. The molecule has 106 valence electrons. The highest BCUT2D eigenvalue weighted by Crippen LogP contribution is 2.68. The third kappa shape index (κ3) is 1.57. The molecule has 0 heterocycles. The van der Waals surface area contributed by atoms with Gasteiger partial charge < -0.3 is 5.11 Å². The average Bonchev–Trinajstić information content (AvgIpc) is 2.92. The third-order valence-electron chi connectivity index (χ3n) is 7.76. The van der Waals surface area contributed by atoms with Crippen LogP contribution in [0.25, 0.3) is 0 Å². The van der Waals surface area contributed by atoms with Crippen LogP contribution in [0.1, 0.15) is 70.6 Å². The largest absolute Gasteiger partial charge is 0.389 e. The van der Waals surface area contributed by atoms with Gasteiger partial charge in [-0.25, -0.2) is 0 Å². The van der Waals surface area contributed by atoms with E-state index in [9.17, 15) is 5.11 Å². The van der Waals surface area contributed by atoms with E-state index >= 15 is 0 Å². The fourth-order valence-electron chi connectivity index (χ4n) is 7.59. The van der Waals surface area contributed by atoms with Gasteiger partial charge >= 0.3 is 0 Å². The van der Waals surface area contributed by atoms with E-state index in [0.717, 1.165) is 17.8 Å². The van der Waals surface area contributed by atoms with Crippen molar-refractivity contribution in [2.75, 3.05) is 0 Å². The number of hydrogen-bond donors (Lipinski definition) is 1. The molecule has 6 aliphatic carbocycles. The maximum atomic E-state index is 11.1. The van der Waals surface area contributed by atoms with E-state index in [1.807, 2.05) is 0 Å². The van der Waals surface area contributed by atoms with Gasteiger partial charge in [-0.15, -0.1) is 0 Å². The molecular weight excluding hydrogens is 232 g/mol. The van der Waals surface area contributed by atoms with Gasteiger partial charge in [0.25, 0.3) is 0 Å². The van der Waals surface area contributed by atoms with Crippen LogP contribution < -0.4 is 0 Å². The zero-order valence-corrected chi connectivity index (χ0v) is 12.1. The molecule has 2 unspecified atom stereocenters. The summed E-state index contributed by atoms with van der Waals surface area (Å²) in [6, 6.07) is 0. The molecule has 6 rings (SSSR count). The maximum absolute atomic E-state index is 11.1. The van der Waals surface area contributed by atoms with Gasteiger partial charge in [-0.3, -0.25) is 0 Å². The smallest absolute Gasteiger partial charge is 0.0716 e. The lowest BCUT2D eigenvalue weighted by Crippen LogP contribution is -2.48. The lowest BCUT2D eigenvalue weighted by atomic mass is 9.48. The van der Waals surface area contributed by atoms with E-state index in [-0.39, 0.29) is 5.60 Å². The van der Waals surface area contributed by atoms with Crippen molar-refractivity contribution in [3.63, 3.8) is 0 Å². The van der Waals surface area contributed by atoms with Crippen molar-refractivity contribution in [2.45, 2.75) is 76.2 Å². The molecular formula is C18H28O. The van der Waals surface area contributed by atoms with Crippen molar-refractivity contribution >= 4 is 0 Å². The summed E-state index contributed by atoms with van der Waals surface area (Å²) in [6.07, 6.45) is 15.6. The van der Waals surface area contributed by atoms with Gasteiger partial charge in [-0.1, -0.05) is 12.8 Å². The minimum atomic E-state index is -0.206. The summed E-state index contributed by atoms with van der Waals surface area (Å²) in [5.74, 6) is 4.52. The van der Waals surface area contributed by atoms with Crippen LogP contribution in [0.2, 0.25) is 0 Å². The highest BCUT2D eigenvalue weighted by Gasteiger charge is 2.66. The first-order valence-corrected chi connectivity index (χ1v) is 8.89. The van der Waals surface area contributed by atoms with Crippen LogP contribution in [0.15, 0.2) is 0 Å². The van der Waals surface area contributed by atoms with Crippen molar-refractivity contribution in [1.29, 1.82) is 0 Å². The van der Waals surface area contributed by atoms with Gasteiger partial charge in [0.05, 0.1) is 5.60 Å². The molecule has 0 radical (unpaired) electrons. The van der Waals surface area contributed by atoms with Crippen LogP contribution in [0.4, 0.5) is 0 Å². The minimum Gasteiger partial charge on any atom is -0.389 e. The van der Waals surface area contributed by atoms with Gasteiger partial charge in [0.1, 0.15) is 0 Å². The molecule has 6 aliphatic rings. The Morgan fingerprint density at radius 1 is 0.789 bits per heavy atom. The zero-order valence-electron chi connectivity index (χ0n) is 12.1. The molecule has 0 spiro atoms. The van der Waals surface area contributed by atoms with E-state index in [0.29, 0.717) is 17.3 Å². The molecule has 1 nitrogen and oxygen atoms in total. The van der Waals surface area contributed by atoms with Crippen LogP contribution in [0.5, 0.6) is 0 Å². The van der Waals surface area contributed by atoms with Gasteiger partial charge in [0, 0.05) is 0 Å². The van der Waals surface area contributed by atoms with E-state index in [1.165, 1.54) is 70.6 Å². The standard InChI is InChI=1S/C18H28O/c19-18(15-3-1-2-4-16(15)18)11-17-8-12-5-13(9-17)7-14(6-12)10-17/h12-16,19H,1-11H2. The average molecular weight is 260 g/mol. The fourth-order valence-corrected chi connectivity index (χ4v) is 7.59. The predicted octanol–water partition coefficient (Wildman–Crippen LogP) is 4.14. The molecule has 0 aromatic heterocycles. The Bertz CT molecular complexity index is 351. The number of hydrogen-bond acceptors (Lipinski definition) is 1. The minimum absolute atomic E-state index is 0.206. The normalized spacial score (nSPS) is 62.1. The van der Waals surface area contributed by atoms with Crippen LogP contribution in [0.3, 0.4) is 0 Å². The molecule has 0 amide bonds. The zero-order chi connectivity index (χ0) is 12.7. The molecule has 1 heteroatoms. The predicted molar refractivity (Wildman–Crippen MR) is 75.6 cm³/mol. The van der Waals surface area contributed by atoms with Gasteiger partial charge in [-0.05, 0) is 92.8 Å². The summed E-state index contributed by atoms with van der Waals surface area (Å²) in [5, 5.41) is 11.1. The molecule has 0 aromatic carbocycles. The molecule has 0 aromatic rings. The Labute approximate surface area is 117 Å². The quantitative estimate of drug-likeness (QED) is 0.791. The summed E-state index contributed by atoms with van der Waals surface area (Å²) in [4.78, 5) is 0. The van der Waals surface area contributed by atoms with Crippen molar-refractivity contribution in [3.05, 3.63) is 0 Å². The van der Waals surface area contributed by atoms with Crippen LogP contribution in [-0.4, -0.2) is 10.7 Å². The Balaban J connectivity index is 1.39. The highest BCUT2D eigenvalue weighted by atomic mass is 16.3. The first-order valence-electron chi connectivity index (χ1n) is 8.89. The second kappa shape index (κ2) is 3.59. The van der Waals surface area contributed by atoms with Crippen LogP contribution >= 0.6 is 0 Å². The number of fused-ring (bicyclic) bond motifs is 1. The maximum Gasteiger partial charge on any atom is 0.0716 e. The summed E-state index contributed by atoms with van der Waals surface area (Å²) in [5.41, 5.74) is 0.378. The molecule has 0 saturated heterocycles. The second-order valence-electron chi connectivity index (χ2n) is 9.08. The third-order valence-corrected chi connectivity index (χ3v) is 7.76. The topological polar surface area (TPSA) is 20.2 Å². The molecule has 0 aliphatic heterocycles. The molecule has 2 atom stereocenters. The summed E-state index contributed by atoms with van der Waals surface area (Å²) in [6.45, 7) is 0. The first kappa shape index (κ1) is 11.6.